The fourth-order valence-corrected chi connectivity index (χ4v) is 1.38. The van der Waals surface area contributed by atoms with Crippen LogP contribution in [0.3, 0.4) is 0 Å². The summed E-state index contributed by atoms with van der Waals surface area (Å²) in [4.78, 5) is 9.91. The zero-order valence-electron chi connectivity index (χ0n) is 7.79. The van der Waals surface area contributed by atoms with Crippen molar-refractivity contribution in [2.45, 2.75) is 13.3 Å². The second kappa shape index (κ2) is 4.86. The van der Waals surface area contributed by atoms with Gasteiger partial charge < -0.3 is 9.84 Å². The number of ether oxygens (including phenoxy) is 1. The van der Waals surface area contributed by atoms with E-state index in [2.05, 4.69) is 4.74 Å². The Kier molecular flexibility index (Phi) is 3.77. The van der Waals surface area contributed by atoms with Gasteiger partial charge >= 0.3 is 0 Å². The van der Waals surface area contributed by atoms with E-state index in [9.17, 15) is 9.90 Å². The van der Waals surface area contributed by atoms with Gasteiger partial charge in [-0.25, -0.2) is 0 Å². The maximum atomic E-state index is 9.91. The molecule has 0 aromatic heterocycles. The minimum Gasteiger partial charge on any atom is -0.506 e. The molecule has 0 aliphatic carbocycles. The molecule has 0 aliphatic heterocycles. The topological polar surface area (TPSA) is 46.5 Å². The average Bonchev–Trinajstić information content (AvgIpc) is 2.14. The number of aromatic hydroxyl groups is 1. The first-order valence-electron chi connectivity index (χ1n) is 4.18. The van der Waals surface area contributed by atoms with Gasteiger partial charge in [0.15, 0.2) is 0 Å². The highest BCUT2D eigenvalue weighted by atomic mass is 35.5. The highest BCUT2D eigenvalue weighted by molar-refractivity contribution is 6.32. The van der Waals surface area contributed by atoms with Crippen molar-refractivity contribution in [1.29, 1.82) is 0 Å². The smallest absolute Gasteiger partial charge is 0.293 e. The first-order chi connectivity index (χ1) is 6.65. The predicted octanol–water partition coefficient (Wildman–Crippen LogP) is 2.07. The number of hydrogen-bond acceptors (Lipinski definition) is 3. The summed E-state index contributed by atoms with van der Waals surface area (Å²) in [5.41, 5.74) is 1.90. The van der Waals surface area contributed by atoms with Gasteiger partial charge in [-0.15, -0.1) is 0 Å². The number of aryl methyl sites for hydroxylation is 1. The van der Waals surface area contributed by atoms with E-state index in [0.29, 0.717) is 24.5 Å². The van der Waals surface area contributed by atoms with Crippen LogP contribution < -0.4 is 0 Å². The van der Waals surface area contributed by atoms with Crippen molar-refractivity contribution in [3.63, 3.8) is 0 Å². The number of hydrogen-bond donors (Lipinski definition) is 1. The van der Waals surface area contributed by atoms with Crippen molar-refractivity contribution in [3.05, 3.63) is 28.3 Å². The van der Waals surface area contributed by atoms with E-state index in [1.165, 1.54) is 0 Å². The van der Waals surface area contributed by atoms with Gasteiger partial charge in [0.1, 0.15) is 5.75 Å². The molecule has 1 rings (SSSR count). The molecule has 1 aromatic carbocycles. The minimum atomic E-state index is 0.0734. The van der Waals surface area contributed by atoms with Crippen LogP contribution in [0.1, 0.15) is 11.1 Å². The molecule has 14 heavy (non-hydrogen) atoms. The summed E-state index contributed by atoms with van der Waals surface area (Å²) in [5, 5.41) is 9.59. The molecule has 0 fully saturated rings. The highest BCUT2D eigenvalue weighted by Crippen LogP contribution is 2.26. The van der Waals surface area contributed by atoms with E-state index < -0.39 is 0 Å². The zero-order valence-corrected chi connectivity index (χ0v) is 8.54. The lowest BCUT2D eigenvalue weighted by atomic mass is 10.1. The first-order valence-corrected chi connectivity index (χ1v) is 4.56. The molecular formula is C10H11ClO3. The Morgan fingerprint density at radius 1 is 1.57 bits per heavy atom. The van der Waals surface area contributed by atoms with Crippen LogP contribution in [0.25, 0.3) is 0 Å². The molecule has 4 heteroatoms. The van der Waals surface area contributed by atoms with Crippen LogP contribution in [0.15, 0.2) is 12.1 Å². The van der Waals surface area contributed by atoms with Gasteiger partial charge in [-0.3, -0.25) is 4.79 Å². The molecule has 3 nitrogen and oxygen atoms in total. The van der Waals surface area contributed by atoms with Gasteiger partial charge in [-0.1, -0.05) is 11.6 Å². The van der Waals surface area contributed by atoms with Gasteiger partial charge in [0.25, 0.3) is 6.47 Å². The minimum absolute atomic E-state index is 0.0734. The Morgan fingerprint density at radius 2 is 2.29 bits per heavy atom. The molecule has 76 valence electrons. The Bertz CT molecular complexity index is 336. The molecule has 0 spiro atoms. The van der Waals surface area contributed by atoms with Crippen molar-refractivity contribution < 1.29 is 14.6 Å². The quantitative estimate of drug-likeness (QED) is 0.617. The monoisotopic (exact) mass is 214 g/mol. The van der Waals surface area contributed by atoms with Gasteiger partial charge in [-0.05, 0) is 30.2 Å². The van der Waals surface area contributed by atoms with Crippen molar-refractivity contribution in [2.75, 3.05) is 6.61 Å². The van der Waals surface area contributed by atoms with Crippen LogP contribution >= 0.6 is 11.6 Å². The molecule has 0 aliphatic rings. The van der Waals surface area contributed by atoms with Crippen LogP contribution in [0.4, 0.5) is 0 Å². The Balaban J connectivity index is 2.76. The first kappa shape index (κ1) is 10.9. The molecule has 0 saturated heterocycles. The molecule has 0 amide bonds. The van der Waals surface area contributed by atoms with E-state index in [0.717, 1.165) is 11.1 Å². The maximum Gasteiger partial charge on any atom is 0.293 e. The fraction of sp³-hybridized carbons (Fsp3) is 0.300. The van der Waals surface area contributed by atoms with Gasteiger partial charge in [0, 0.05) is 6.42 Å². The SMILES string of the molecule is Cc1cc(O)c(Cl)cc1CCOC=O. The van der Waals surface area contributed by atoms with Gasteiger partial charge in [0.05, 0.1) is 11.6 Å². The van der Waals surface area contributed by atoms with Crippen LogP contribution in [0, 0.1) is 6.92 Å². The molecule has 0 bridgehead atoms. The standard InChI is InChI=1S/C10H11ClO3/c1-7-4-10(13)9(11)5-8(7)2-3-14-6-12/h4-6,13H,2-3H2,1H3. The number of carbonyl (C=O) groups excluding carboxylic acids is 1. The largest absolute Gasteiger partial charge is 0.506 e. The number of phenolic OH excluding ortho intramolecular Hbond substituents is 1. The van der Waals surface area contributed by atoms with E-state index in [1.807, 2.05) is 6.92 Å². The third kappa shape index (κ3) is 2.64. The average molecular weight is 215 g/mol. The summed E-state index contributed by atoms with van der Waals surface area (Å²) in [6.07, 6.45) is 0.602. The molecule has 0 saturated carbocycles. The van der Waals surface area contributed by atoms with E-state index >= 15 is 0 Å². The molecule has 0 heterocycles. The highest BCUT2D eigenvalue weighted by Gasteiger charge is 2.04. The number of rotatable bonds is 4. The molecule has 0 unspecified atom stereocenters. The second-order valence-electron chi connectivity index (χ2n) is 2.95. The van der Waals surface area contributed by atoms with E-state index in [1.54, 1.807) is 12.1 Å². The summed E-state index contributed by atoms with van der Waals surface area (Å²) in [5.74, 6) is 0.0734. The normalized spacial score (nSPS) is 9.86. The van der Waals surface area contributed by atoms with Crippen LogP contribution in [-0.2, 0) is 16.0 Å². The number of carbonyl (C=O) groups is 1. The Hall–Kier alpha value is -1.22. The third-order valence-electron chi connectivity index (χ3n) is 1.96. The summed E-state index contributed by atoms with van der Waals surface area (Å²) in [6, 6.07) is 3.28. The van der Waals surface area contributed by atoms with Gasteiger partial charge in [-0.2, -0.15) is 0 Å². The van der Waals surface area contributed by atoms with E-state index in [-0.39, 0.29) is 5.75 Å². The Morgan fingerprint density at radius 3 is 2.93 bits per heavy atom. The number of benzene rings is 1. The number of halogens is 1. The lowest BCUT2D eigenvalue weighted by Crippen LogP contribution is -1.98. The summed E-state index contributed by atoms with van der Waals surface area (Å²) in [7, 11) is 0. The van der Waals surface area contributed by atoms with Crippen molar-refractivity contribution in [3.8, 4) is 5.75 Å². The van der Waals surface area contributed by atoms with E-state index in [4.69, 9.17) is 11.6 Å². The molecule has 1 N–H and O–H groups in total. The fourth-order valence-electron chi connectivity index (χ4n) is 1.19. The zero-order chi connectivity index (χ0) is 10.6. The lowest BCUT2D eigenvalue weighted by molar-refractivity contribution is -0.128. The van der Waals surface area contributed by atoms with Crippen molar-refractivity contribution >= 4 is 18.1 Å². The van der Waals surface area contributed by atoms with Crippen molar-refractivity contribution in [2.24, 2.45) is 0 Å². The predicted molar refractivity (Wildman–Crippen MR) is 53.6 cm³/mol. The van der Waals surface area contributed by atoms with Crippen molar-refractivity contribution in [1.82, 2.24) is 0 Å². The molecule has 1 aromatic rings. The summed E-state index contributed by atoms with van der Waals surface area (Å²) >= 11 is 5.74. The summed E-state index contributed by atoms with van der Waals surface area (Å²) < 4.78 is 4.58. The lowest BCUT2D eigenvalue weighted by Gasteiger charge is -2.06. The molecular weight excluding hydrogens is 204 g/mol. The molecule has 0 atom stereocenters. The maximum absolute atomic E-state index is 9.91. The summed E-state index contributed by atoms with van der Waals surface area (Å²) in [6.45, 7) is 2.61. The van der Waals surface area contributed by atoms with Crippen LogP contribution in [-0.4, -0.2) is 18.2 Å². The molecule has 0 radical (unpaired) electrons. The second-order valence-corrected chi connectivity index (χ2v) is 3.35. The van der Waals surface area contributed by atoms with Crippen LogP contribution in [0.2, 0.25) is 5.02 Å². The van der Waals surface area contributed by atoms with Crippen LogP contribution in [0.5, 0.6) is 5.75 Å². The Labute approximate surface area is 87.3 Å². The van der Waals surface area contributed by atoms with Gasteiger partial charge in [0.2, 0.25) is 0 Å². The third-order valence-corrected chi connectivity index (χ3v) is 2.27. The number of phenols is 1.